The number of sulfonamides is 1. The molecule has 0 saturated heterocycles. The highest BCUT2D eigenvalue weighted by atomic mass is 32.2. The van der Waals surface area contributed by atoms with Gasteiger partial charge in [0.2, 0.25) is 10.0 Å². The Kier molecular flexibility index (Phi) is 4.25. The first-order chi connectivity index (χ1) is 8.27. The second-order valence-electron chi connectivity index (χ2n) is 3.48. The van der Waals surface area contributed by atoms with Crippen LogP contribution in [0.4, 0.5) is 4.39 Å². The fourth-order valence-electron chi connectivity index (χ4n) is 1.17. The molecule has 0 aliphatic carbocycles. The van der Waals surface area contributed by atoms with E-state index < -0.39 is 27.9 Å². The van der Waals surface area contributed by atoms with Crippen LogP contribution >= 0.6 is 0 Å². The van der Waals surface area contributed by atoms with Gasteiger partial charge in [-0.2, -0.15) is 4.72 Å². The zero-order valence-corrected chi connectivity index (χ0v) is 10.5. The second kappa shape index (κ2) is 5.32. The molecule has 0 saturated carbocycles. The highest BCUT2D eigenvalue weighted by Crippen LogP contribution is 2.20. The molecular weight excluding hydrogens is 265 g/mol. The molecule has 2 N–H and O–H groups in total. The third-order valence-corrected chi connectivity index (χ3v) is 3.67. The number of carboxylic acids is 1. The Bertz CT molecular complexity index is 557. The predicted molar refractivity (Wildman–Crippen MR) is 60.4 cm³/mol. The molecule has 0 amide bonds. The molecule has 100 valence electrons. The average Bonchev–Trinajstić information content (AvgIpc) is 2.28. The summed E-state index contributed by atoms with van der Waals surface area (Å²) in [5, 5.41) is 8.61. The molecule has 8 heteroatoms. The zero-order valence-electron chi connectivity index (χ0n) is 9.68. The number of hydrogen-bond acceptors (Lipinski definition) is 4. The SMILES string of the molecule is COc1ccc(S(=O)(=O)N[C@H](C)C(=O)O)cc1F. The largest absolute Gasteiger partial charge is 0.494 e. The zero-order chi connectivity index (χ0) is 13.9. The van der Waals surface area contributed by atoms with Gasteiger partial charge >= 0.3 is 5.97 Å². The molecular formula is C10H12FNO5S. The van der Waals surface area contributed by atoms with Crippen LogP contribution in [-0.2, 0) is 14.8 Å². The lowest BCUT2D eigenvalue weighted by Crippen LogP contribution is -2.38. The van der Waals surface area contributed by atoms with Crippen molar-refractivity contribution in [3.63, 3.8) is 0 Å². The molecule has 0 heterocycles. The molecule has 1 rings (SSSR count). The van der Waals surface area contributed by atoms with E-state index in [0.717, 1.165) is 18.2 Å². The fourth-order valence-corrected chi connectivity index (χ4v) is 2.37. The fraction of sp³-hybridized carbons (Fsp3) is 0.300. The number of carbonyl (C=O) groups is 1. The summed E-state index contributed by atoms with van der Waals surface area (Å²) in [7, 11) is -2.83. The number of ether oxygens (including phenoxy) is 1. The standard InChI is InChI=1S/C10H12FNO5S/c1-6(10(13)14)12-18(15,16)7-3-4-9(17-2)8(11)5-7/h3-6,12H,1-2H3,(H,13,14)/t6-/m1/s1. The van der Waals surface area contributed by atoms with E-state index >= 15 is 0 Å². The van der Waals surface area contributed by atoms with E-state index in [2.05, 4.69) is 4.74 Å². The van der Waals surface area contributed by atoms with Gasteiger partial charge in [-0.25, -0.2) is 12.8 Å². The maximum Gasteiger partial charge on any atom is 0.321 e. The van der Waals surface area contributed by atoms with Crippen LogP contribution in [-0.4, -0.2) is 32.6 Å². The molecule has 0 unspecified atom stereocenters. The first-order valence-corrected chi connectivity index (χ1v) is 6.35. The monoisotopic (exact) mass is 277 g/mol. The highest BCUT2D eigenvalue weighted by molar-refractivity contribution is 7.89. The van der Waals surface area contributed by atoms with Gasteiger partial charge in [-0.05, 0) is 25.1 Å². The van der Waals surface area contributed by atoms with Crippen molar-refractivity contribution >= 4 is 16.0 Å². The van der Waals surface area contributed by atoms with Crippen molar-refractivity contribution in [2.24, 2.45) is 0 Å². The van der Waals surface area contributed by atoms with E-state index in [4.69, 9.17) is 5.11 Å². The van der Waals surface area contributed by atoms with Crippen molar-refractivity contribution in [2.75, 3.05) is 7.11 Å². The quantitative estimate of drug-likeness (QED) is 0.821. The van der Waals surface area contributed by atoms with Crippen molar-refractivity contribution in [3.05, 3.63) is 24.0 Å². The summed E-state index contributed by atoms with van der Waals surface area (Å²) < 4.78 is 43.3. The summed E-state index contributed by atoms with van der Waals surface area (Å²) >= 11 is 0. The van der Waals surface area contributed by atoms with Crippen LogP contribution in [0.3, 0.4) is 0 Å². The topological polar surface area (TPSA) is 92.7 Å². The minimum absolute atomic E-state index is 0.0970. The Hall–Kier alpha value is -1.67. The first kappa shape index (κ1) is 14.4. The third kappa shape index (κ3) is 3.17. The van der Waals surface area contributed by atoms with Crippen LogP contribution in [0.2, 0.25) is 0 Å². The van der Waals surface area contributed by atoms with Crippen LogP contribution < -0.4 is 9.46 Å². The van der Waals surface area contributed by atoms with Crippen molar-refractivity contribution in [2.45, 2.75) is 17.9 Å². The summed E-state index contributed by atoms with van der Waals surface area (Å²) in [6, 6.07) is 1.73. The normalized spacial score (nSPS) is 13.1. The van der Waals surface area contributed by atoms with Crippen molar-refractivity contribution in [3.8, 4) is 5.75 Å². The molecule has 0 aliphatic heterocycles. The van der Waals surface area contributed by atoms with Crippen LogP contribution in [0.5, 0.6) is 5.75 Å². The lowest BCUT2D eigenvalue weighted by molar-refractivity contribution is -0.138. The lowest BCUT2D eigenvalue weighted by atomic mass is 10.3. The van der Waals surface area contributed by atoms with Crippen molar-refractivity contribution < 1.29 is 27.4 Å². The Morgan fingerprint density at radius 2 is 2.11 bits per heavy atom. The number of aliphatic carboxylic acids is 1. The van der Waals surface area contributed by atoms with E-state index in [1.807, 2.05) is 4.72 Å². The Morgan fingerprint density at radius 3 is 2.56 bits per heavy atom. The number of methoxy groups -OCH3 is 1. The molecule has 1 aromatic rings. The summed E-state index contributed by atoms with van der Waals surface area (Å²) in [6.07, 6.45) is 0. The van der Waals surface area contributed by atoms with Crippen molar-refractivity contribution in [1.82, 2.24) is 4.72 Å². The lowest BCUT2D eigenvalue weighted by Gasteiger charge is -2.11. The molecule has 0 aromatic heterocycles. The summed E-state index contributed by atoms with van der Waals surface area (Å²) in [4.78, 5) is 10.2. The number of benzene rings is 1. The number of hydrogen-bond donors (Lipinski definition) is 2. The van der Waals surface area contributed by atoms with E-state index in [1.165, 1.54) is 14.0 Å². The molecule has 1 aromatic carbocycles. The molecule has 18 heavy (non-hydrogen) atoms. The van der Waals surface area contributed by atoms with Gasteiger partial charge in [-0.1, -0.05) is 0 Å². The maximum atomic E-state index is 13.3. The molecule has 6 nitrogen and oxygen atoms in total. The van der Waals surface area contributed by atoms with Crippen LogP contribution in [0, 0.1) is 5.82 Å². The van der Waals surface area contributed by atoms with Gasteiger partial charge in [0.15, 0.2) is 11.6 Å². The van der Waals surface area contributed by atoms with Gasteiger partial charge in [0, 0.05) is 0 Å². The van der Waals surface area contributed by atoms with Crippen molar-refractivity contribution in [1.29, 1.82) is 0 Å². The second-order valence-corrected chi connectivity index (χ2v) is 5.19. The average molecular weight is 277 g/mol. The number of rotatable bonds is 5. The minimum atomic E-state index is -4.08. The molecule has 0 aliphatic rings. The number of carboxylic acid groups (broad SMARTS) is 1. The third-order valence-electron chi connectivity index (χ3n) is 2.14. The van der Waals surface area contributed by atoms with E-state index in [9.17, 15) is 17.6 Å². The molecule has 0 bridgehead atoms. The Morgan fingerprint density at radius 1 is 1.50 bits per heavy atom. The summed E-state index contributed by atoms with van der Waals surface area (Å²) in [5.41, 5.74) is 0. The van der Waals surface area contributed by atoms with Gasteiger partial charge in [-0.3, -0.25) is 4.79 Å². The van der Waals surface area contributed by atoms with E-state index in [0.29, 0.717) is 0 Å². The molecule has 1 atom stereocenters. The summed E-state index contributed by atoms with van der Waals surface area (Å²) in [6.45, 7) is 1.17. The van der Waals surface area contributed by atoms with E-state index in [-0.39, 0.29) is 10.6 Å². The van der Waals surface area contributed by atoms with Crippen LogP contribution in [0.25, 0.3) is 0 Å². The molecule has 0 fully saturated rings. The van der Waals surface area contributed by atoms with Crippen LogP contribution in [0.15, 0.2) is 23.1 Å². The predicted octanol–water partition coefficient (Wildman–Crippen LogP) is 0.586. The Labute approximate surface area is 103 Å². The van der Waals surface area contributed by atoms with Gasteiger partial charge in [0.05, 0.1) is 12.0 Å². The number of halogens is 1. The van der Waals surface area contributed by atoms with E-state index in [1.54, 1.807) is 0 Å². The van der Waals surface area contributed by atoms with Gasteiger partial charge in [0.25, 0.3) is 0 Å². The smallest absolute Gasteiger partial charge is 0.321 e. The van der Waals surface area contributed by atoms with Crippen LogP contribution in [0.1, 0.15) is 6.92 Å². The van der Waals surface area contributed by atoms with Gasteiger partial charge in [0.1, 0.15) is 6.04 Å². The van der Waals surface area contributed by atoms with Gasteiger partial charge < -0.3 is 9.84 Å². The Balaban J connectivity index is 3.06. The van der Waals surface area contributed by atoms with Gasteiger partial charge in [-0.15, -0.1) is 0 Å². The summed E-state index contributed by atoms with van der Waals surface area (Å²) in [5.74, 6) is -2.27. The first-order valence-electron chi connectivity index (χ1n) is 4.86. The molecule has 0 spiro atoms. The number of nitrogens with one attached hydrogen (secondary N) is 1. The minimum Gasteiger partial charge on any atom is -0.494 e. The highest BCUT2D eigenvalue weighted by Gasteiger charge is 2.22. The maximum absolute atomic E-state index is 13.3. The molecule has 0 radical (unpaired) electrons.